The Balaban J connectivity index is 1.46. The number of aromatic nitrogens is 4. The fourth-order valence-corrected chi connectivity index (χ4v) is 4.35. The quantitative estimate of drug-likeness (QED) is 0.587. The average Bonchev–Trinajstić information content (AvgIpc) is 3.32. The summed E-state index contributed by atoms with van der Waals surface area (Å²) >= 11 is 3.20. The Bertz CT molecular complexity index is 1020. The first-order valence-electron chi connectivity index (χ1n) is 7.76. The van der Waals surface area contributed by atoms with Crippen LogP contribution in [0, 0.1) is 6.92 Å². The number of rotatable bonds is 5. The van der Waals surface area contributed by atoms with E-state index in [0.717, 1.165) is 26.1 Å². The lowest BCUT2D eigenvalue weighted by Gasteiger charge is -2.04. The van der Waals surface area contributed by atoms with Gasteiger partial charge in [-0.1, -0.05) is 12.1 Å². The lowest BCUT2D eigenvalue weighted by Crippen LogP contribution is -2.25. The summed E-state index contributed by atoms with van der Waals surface area (Å²) in [5.74, 6) is 0.664. The molecular weight excluding hydrogens is 354 g/mol. The Morgan fingerprint density at radius 1 is 1.24 bits per heavy atom. The molecule has 4 aromatic heterocycles. The Morgan fingerprint density at radius 3 is 3.00 bits per heavy atom. The van der Waals surface area contributed by atoms with Crippen molar-refractivity contribution in [1.29, 1.82) is 0 Å². The summed E-state index contributed by atoms with van der Waals surface area (Å²) in [5, 5.41) is 14.1. The number of carbonyl (C=O) groups is 1. The van der Waals surface area contributed by atoms with E-state index in [2.05, 4.69) is 20.5 Å². The van der Waals surface area contributed by atoms with Crippen LogP contribution >= 0.6 is 22.7 Å². The molecule has 0 aromatic carbocycles. The van der Waals surface area contributed by atoms with Crippen molar-refractivity contribution in [1.82, 2.24) is 24.9 Å². The number of thiophene rings is 1. The minimum Gasteiger partial charge on any atom is -0.348 e. The summed E-state index contributed by atoms with van der Waals surface area (Å²) in [4.78, 5) is 19.1. The molecule has 0 radical (unpaired) electrons. The smallest absolute Gasteiger partial charge is 0.225 e. The van der Waals surface area contributed by atoms with E-state index in [1.165, 1.54) is 0 Å². The average molecular weight is 369 g/mol. The predicted molar refractivity (Wildman–Crippen MR) is 98.7 cm³/mol. The summed E-state index contributed by atoms with van der Waals surface area (Å²) in [7, 11) is 0. The molecule has 0 fully saturated rings. The number of hydrogen-bond donors (Lipinski definition) is 1. The Morgan fingerprint density at radius 2 is 2.16 bits per heavy atom. The van der Waals surface area contributed by atoms with Gasteiger partial charge in [-0.2, -0.15) is 0 Å². The van der Waals surface area contributed by atoms with Crippen LogP contribution in [0.15, 0.2) is 41.9 Å². The first kappa shape index (κ1) is 15.9. The molecule has 4 heterocycles. The predicted octanol–water partition coefficient (Wildman–Crippen LogP) is 3.08. The van der Waals surface area contributed by atoms with Gasteiger partial charge in [-0.15, -0.1) is 32.9 Å². The van der Waals surface area contributed by atoms with Crippen LogP contribution in [0.1, 0.15) is 15.7 Å². The minimum absolute atomic E-state index is 0.0471. The van der Waals surface area contributed by atoms with Crippen molar-refractivity contribution < 1.29 is 4.79 Å². The van der Waals surface area contributed by atoms with Crippen molar-refractivity contribution in [2.75, 3.05) is 0 Å². The monoisotopic (exact) mass is 369 g/mol. The minimum atomic E-state index is -0.0471. The van der Waals surface area contributed by atoms with Gasteiger partial charge in [0.2, 0.25) is 5.91 Å². The molecule has 0 unspecified atom stereocenters. The van der Waals surface area contributed by atoms with E-state index >= 15 is 0 Å². The first-order chi connectivity index (χ1) is 12.2. The van der Waals surface area contributed by atoms with Gasteiger partial charge in [0.05, 0.1) is 28.5 Å². The van der Waals surface area contributed by atoms with Crippen LogP contribution in [0.2, 0.25) is 0 Å². The summed E-state index contributed by atoms with van der Waals surface area (Å²) in [6.45, 7) is 2.31. The van der Waals surface area contributed by atoms with Gasteiger partial charge in [-0.25, -0.2) is 4.98 Å². The van der Waals surface area contributed by atoms with Gasteiger partial charge in [-0.05, 0) is 30.5 Å². The number of carbonyl (C=O) groups excluding carboxylic acids is 1. The molecule has 0 spiro atoms. The first-order valence-corrected chi connectivity index (χ1v) is 9.46. The van der Waals surface area contributed by atoms with Crippen molar-refractivity contribution in [2.24, 2.45) is 0 Å². The highest BCUT2D eigenvalue weighted by atomic mass is 32.1. The molecule has 0 saturated carbocycles. The molecule has 0 aliphatic heterocycles. The largest absolute Gasteiger partial charge is 0.348 e. The van der Waals surface area contributed by atoms with E-state index in [1.54, 1.807) is 22.7 Å². The standard InChI is InChI=1S/C17H15N5OS2/c1-11-19-17(12-5-4-8-24-12)13(25-11)9-16(23)18-10-15-21-20-14-6-2-3-7-22(14)15/h2-8H,9-10H2,1H3,(H,18,23). The van der Waals surface area contributed by atoms with Crippen molar-refractivity contribution in [3.05, 3.63) is 57.6 Å². The third kappa shape index (κ3) is 3.31. The SMILES string of the molecule is Cc1nc(-c2cccs2)c(CC(=O)NCc2nnc3ccccn23)s1. The number of pyridine rings is 1. The Labute approximate surface area is 152 Å². The van der Waals surface area contributed by atoms with Crippen LogP contribution in [-0.2, 0) is 17.8 Å². The zero-order valence-corrected chi connectivity index (χ0v) is 15.1. The molecule has 126 valence electrons. The summed E-state index contributed by atoms with van der Waals surface area (Å²) in [5.41, 5.74) is 1.69. The van der Waals surface area contributed by atoms with Crippen LogP contribution in [0.25, 0.3) is 16.2 Å². The maximum absolute atomic E-state index is 12.4. The van der Waals surface area contributed by atoms with E-state index in [4.69, 9.17) is 0 Å². The molecule has 1 N–H and O–H groups in total. The number of nitrogens with one attached hydrogen (secondary N) is 1. The molecule has 0 saturated heterocycles. The van der Waals surface area contributed by atoms with Crippen molar-refractivity contribution in [3.8, 4) is 10.6 Å². The summed E-state index contributed by atoms with van der Waals surface area (Å²) < 4.78 is 1.87. The zero-order valence-electron chi connectivity index (χ0n) is 13.5. The van der Waals surface area contributed by atoms with Crippen LogP contribution in [0.3, 0.4) is 0 Å². The molecule has 0 aliphatic carbocycles. The van der Waals surface area contributed by atoms with Gasteiger partial charge in [0.15, 0.2) is 11.5 Å². The maximum atomic E-state index is 12.4. The third-order valence-electron chi connectivity index (χ3n) is 3.71. The van der Waals surface area contributed by atoms with Gasteiger partial charge >= 0.3 is 0 Å². The van der Waals surface area contributed by atoms with Crippen molar-refractivity contribution in [3.63, 3.8) is 0 Å². The van der Waals surface area contributed by atoms with Gasteiger partial charge in [-0.3, -0.25) is 9.20 Å². The highest BCUT2D eigenvalue weighted by molar-refractivity contribution is 7.15. The van der Waals surface area contributed by atoms with E-state index in [9.17, 15) is 4.79 Å². The molecule has 1 amide bonds. The molecular formula is C17H15N5OS2. The van der Waals surface area contributed by atoms with E-state index in [0.29, 0.717) is 18.8 Å². The van der Waals surface area contributed by atoms with E-state index in [1.807, 2.05) is 53.2 Å². The van der Waals surface area contributed by atoms with E-state index < -0.39 is 0 Å². The van der Waals surface area contributed by atoms with Crippen LogP contribution in [-0.4, -0.2) is 25.5 Å². The molecule has 0 aliphatic rings. The fraction of sp³-hybridized carbons (Fsp3) is 0.176. The molecule has 6 nitrogen and oxygen atoms in total. The molecule has 25 heavy (non-hydrogen) atoms. The molecule has 4 rings (SSSR count). The highest BCUT2D eigenvalue weighted by Crippen LogP contribution is 2.31. The lowest BCUT2D eigenvalue weighted by molar-refractivity contribution is -0.120. The molecule has 0 atom stereocenters. The fourth-order valence-electron chi connectivity index (χ4n) is 2.59. The Kier molecular flexibility index (Phi) is 4.29. The lowest BCUT2D eigenvalue weighted by atomic mass is 10.2. The van der Waals surface area contributed by atoms with Gasteiger partial charge in [0.25, 0.3) is 0 Å². The number of thiazole rings is 1. The molecule has 4 aromatic rings. The van der Waals surface area contributed by atoms with Gasteiger partial charge in [0.1, 0.15) is 0 Å². The number of aryl methyl sites for hydroxylation is 1. The summed E-state index contributed by atoms with van der Waals surface area (Å²) in [6.07, 6.45) is 2.20. The Hall–Kier alpha value is -2.58. The molecule has 0 bridgehead atoms. The number of hydrogen-bond acceptors (Lipinski definition) is 6. The third-order valence-corrected chi connectivity index (χ3v) is 5.56. The van der Waals surface area contributed by atoms with Crippen LogP contribution < -0.4 is 5.32 Å². The van der Waals surface area contributed by atoms with Gasteiger partial charge in [0, 0.05) is 11.1 Å². The zero-order chi connectivity index (χ0) is 17.2. The number of amides is 1. The van der Waals surface area contributed by atoms with Crippen LogP contribution in [0.4, 0.5) is 0 Å². The van der Waals surface area contributed by atoms with E-state index in [-0.39, 0.29) is 5.91 Å². The summed E-state index contributed by atoms with van der Waals surface area (Å²) in [6, 6.07) is 9.73. The second-order valence-corrected chi connectivity index (χ2v) is 7.72. The van der Waals surface area contributed by atoms with Crippen LogP contribution in [0.5, 0.6) is 0 Å². The second-order valence-electron chi connectivity index (χ2n) is 5.48. The van der Waals surface area contributed by atoms with Crippen molar-refractivity contribution >= 4 is 34.2 Å². The highest BCUT2D eigenvalue weighted by Gasteiger charge is 2.16. The topological polar surface area (TPSA) is 72.2 Å². The molecule has 8 heteroatoms. The second kappa shape index (κ2) is 6.73. The normalized spacial score (nSPS) is 11.1. The van der Waals surface area contributed by atoms with Crippen molar-refractivity contribution in [2.45, 2.75) is 19.9 Å². The van der Waals surface area contributed by atoms with Gasteiger partial charge < -0.3 is 5.32 Å². The number of nitrogens with zero attached hydrogens (tertiary/aromatic N) is 4. The maximum Gasteiger partial charge on any atom is 0.225 e. The number of fused-ring (bicyclic) bond motifs is 1.